The number of aryl methyl sites for hydroxylation is 1. The molecule has 3 rings (SSSR count). The molecule has 0 radical (unpaired) electrons. The highest BCUT2D eigenvalue weighted by Crippen LogP contribution is 2.15. The Hall–Kier alpha value is -1.75. The second-order valence-electron chi connectivity index (χ2n) is 6.82. The largest absolute Gasteiger partial charge is 0.373 e. The molecule has 0 atom stereocenters. The Kier molecular flexibility index (Phi) is 6.98. The third-order valence-electron chi connectivity index (χ3n) is 4.92. The Balaban J connectivity index is 1.28. The Bertz CT molecular complexity index is 624. The number of nitrogens with zero attached hydrogens (tertiary/aromatic N) is 2. The second-order valence-corrected chi connectivity index (χ2v) is 6.82. The van der Waals surface area contributed by atoms with Crippen molar-refractivity contribution in [2.45, 2.75) is 39.0 Å². The van der Waals surface area contributed by atoms with Crippen LogP contribution in [0, 0.1) is 6.92 Å². The minimum absolute atomic E-state index is 0.386. The molecule has 2 aromatic rings. The van der Waals surface area contributed by atoms with Crippen LogP contribution in [0.15, 0.2) is 48.8 Å². The summed E-state index contributed by atoms with van der Waals surface area (Å²) < 4.78 is 6.03. The van der Waals surface area contributed by atoms with Gasteiger partial charge in [0, 0.05) is 45.1 Å². The third kappa shape index (κ3) is 5.92. The van der Waals surface area contributed by atoms with E-state index in [2.05, 4.69) is 52.5 Å². The van der Waals surface area contributed by atoms with E-state index in [0.717, 1.165) is 51.1 Å². The van der Waals surface area contributed by atoms with Gasteiger partial charge in [-0.2, -0.15) is 0 Å². The van der Waals surface area contributed by atoms with Gasteiger partial charge in [-0.1, -0.05) is 30.3 Å². The summed E-state index contributed by atoms with van der Waals surface area (Å²) in [5, 5.41) is 3.57. The zero-order chi connectivity index (χ0) is 17.3. The van der Waals surface area contributed by atoms with Gasteiger partial charge >= 0.3 is 0 Å². The maximum Gasteiger partial charge on any atom is 0.0735 e. The first-order chi connectivity index (χ1) is 12.3. The van der Waals surface area contributed by atoms with Crippen molar-refractivity contribution in [3.05, 3.63) is 65.5 Å². The fourth-order valence-corrected chi connectivity index (χ4v) is 3.27. The van der Waals surface area contributed by atoms with Crippen LogP contribution in [0.2, 0.25) is 0 Å². The minimum atomic E-state index is 0.386. The SMILES string of the molecule is Cc1ccccc1CNCCN1CCC(OCc2cccnc2)CC1. The Morgan fingerprint density at radius 2 is 2.00 bits per heavy atom. The molecule has 1 aromatic carbocycles. The Morgan fingerprint density at radius 1 is 1.16 bits per heavy atom. The summed E-state index contributed by atoms with van der Waals surface area (Å²) in [6, 6.07) is 12.6. The molecule has 0 spiro atoms. The molecule has 0 bridgehead atoms. The Morgan fingerprint density at radius 3 is 2.76 bits per heavy atom. The summed E-state index contributed by atoms with van der Waals surface area (Å²) in [5.74, 6) is 0. The van der Waals surface area contributed by atoms with Crippen LogP contribution in [-0.2, 0) is 17.9 Å². The molecule has 4 nitrogen and oxygen atoms in total. The molecule has 25 heavy (non-hydrogen) atoms. The monoisotopic (exact) mass is 339 g/mol. The topological polar surface area (TPSA) is 37.4 Å². The smallest absolute Gasteiger partial charge is 0.0735 e. The van der Waals surface area contributed by atoms with Crippen molar-refractivity contribution >= 4 is 0 Å². The van der Waals surface area contributed by atoms with Gasteiger partial charge in [-0.15, -0.1) is 0 Å². The van der Waals surface area contributed by atoms with Crippen LogP contribution in [0.5, 0.6) is 0 Å². The molecular formula is C21H29N3O. The van der Waals surface area contributed by atoms with Gasteiger partial charge in [0.2, 0.25) is 0 Å². The predicted octanol–water partition coefficient (Wildman–Crippen LogP) is 3.16. The lowest BCUT2D eigenvalue weighted by molar-refractivity contribution is -0.00227. The summed E-state index contributed by atoms with van der Waals surface area (Å²) >= 11 is 0. The first-order valence-corrected chi connectivity index (χ1v) is 9.29. The molecule has 1 aliphatic rings. The molecule has 0 unspecified atom stereocenters. The summed E-state index contributed by atoms with van der Waals surface area (Å²) in [5.41, 5.74) is 3.91. The minimum Gasteiger partial charge on any atom is -0.373 e. The van der Waals surface area contributed by atoms with E-state index < -0.39 is 0 Å². The van der Waals surface area contributed by atoms with Crippen LogP contribution >= 0.6 is 0 Å². The standard InChI is InChI=1S/C21H29N3O/c1-18-5-2-3-7-20(18)16-23-11-14-24-12-8-21(9-13-24)25-17-19-6-4-10-22-15-19/h2-7,10,15,21,23H,8-9,11-14,16-17H2,1H3. The lowest BCUT2D eigenvalue weighted by atomic mass is 10.1. The molecule has 4 heteroatoms. The molecule has 1 fully saturated rings. The van der Waals surface area contributed by atoms with E-state index in [1.165, 1.54) is 11.1 Å². The molecular weight excluding hydrogens is 310 g/mol. The van der Waals surface area contributed by atoms with Gasteiger partial charge in [0.1, 0.15) is 0 Å². The van der Waals surface area contributed by atoms with Crippen LogP contribution in [0.3, 0.4) is 0 Å². The third-order valence-corrected chi connectivity index (χ3v) is 4.92. The van der Waals surface area contributed by atoms with Crippen LogP contribution in [-0.4, -0.2) is 42.2 Å². The molecule has 1 aliphatic heterocycles. The maximum absolute atomic E-state index is 6.03. The van der Waals surface area contributed by atoms with Crippen molar-refractivity contribution in [2.24, 2.45) is 0 Å². The number of ether oxygens (including phenoxy) is 1. The molecule has 1 aromatic heterocycles. The fraction of sp³-hybridized carbons (Fsp3) is 0.476. The average Bonchev–Trinajstić information content (AvgIpc) is 2.67. The highest BCUT2D eigenvalue weighted by molar-refractivity contribution is 5.25. The van der Waals surface area contributed by atoms with E-state index in [-0.39, 0.29) is 0 Å². The quantitative estimate of drug-likeness (QED) is 0.750. The number of aromatic nitrogens is 1. The van der Waals surface area contributed by atoms with Crippen molar-refractivity contribution in [3.63, 3.8) is 0 Å². The van der Waals surface area contributed by atoms with E-state index in [1.54, 1.807) is 6.20 Å². The number of benzene rings is 1. The van der Waals surface area contributed by atoms with Crippen LogP contribution in [0.1, 0.15) is 29.5 Å². The second kappa shape index (κ2) is 9.66. The molecule has 0 amide bonds. The van der Waals surface area contributed by atoms with E-state index in [1.807, 2.05) is 12.3 Å². The van der Waals surface area contributed by atoms with E-state index in [4.69, 9.17) is 4.74 Å². The van der Waals surface area contributed by atoms with E-state index >= 15 is 0 Å². The maximum atomic E-state index is 6.03. The molecule has 2 heterocycles. The number of nitrogens with one attached hydrogen (secondary N) is 1. The summed E-state index contributed by atoms with van der Waals surface area (Å²) in [4.78, 5) is 6.67. The van der Waals surface area contributed by atoms with Crippen molar-refractivity contribution < 1.29 is 4.74 Å². The predicted molar refractivity (Wildman–Crippen MR) is 101 cm³/mol. The summed E-state index contributed by atoms with van der Waals surface area (Å²) in [6.45, 7) is 8.21. The van der Waals surface area contributed by atoms with E-state index in [0.29, 0.717) is 12.7 Å². The first kappa shape index (κ1) is 18.1. The Labute approximate surface area is 151 Å². The number of hydrogen-bond acceptors (Lipinski definition) is 4. The van der Waals surface area contributed by atoms with Crippen molar-refractivity contribution in [3.8, 4) is 0 Å². The van der Waals surface area contributed by atoms with Crippen molar-refractivity contribution in [2.75, 3.05) is 26.2 Å². The van der Waals surface area contributed by atoms with Crippen LogP contribution in [0.4, 0.5) is 0 Å². The first-order valence-electron chi connectivity index (χ1n) is 9.29. The van der Waals surface area contributed by atoms with Crippen molar-refractivity contribution in [1.82, 2.24) is 15.2 Å². The lowest BCUT2D eigenvalue weighted by Crippen LogP contribution is -2.40. The molecule has 0 saturated carbocycles. The van der Waals surface area contributed by atoms with Crippen LogP contribution < -0.4 is 5.32 Å². The van der Waals surface area contributed by atoms with Gasteiger partial charge in [0.25, 0.3) is 0 Å². The number of pyridine rings is 1. The average molecular weight is 339 g/mol. The zero-order valence-electron chi connectivity index (χ0n) is 15.2. The van der Waals surface area contributed by atoms with Gasteiger partial charge < -0.3 is 15.0 Å². The highest BCUT2D eigenvalue weighted by atomic mass is 16.5. The lowest BCUT2D eigenvalue weighted by Gasteiger charge is -2.32. The van der Waals surface area contributed by atoms with Crippen LogP contribution in [0.25, 0.3) is 0 Å². The number of hydrogen-bond donors (Lipinski definition) is 1. The fourth-order valence-electron chi connectivity index (χ4n) is 3.27. The number of piperidine rings is 1. The highest BCUT2D eigenvalue weighted by Gasteiger charge is 2.19. The van der Waals surface area contributed by atoms with Gasteiger partial charge in [0.15, 0.2) is 0 Å². The number of rotatable bonds is 8. The van der Waals surface area contributed by atoms with Gasteiger partial charge in [-0.25, -0.2) is 0 Å². The van der Waals surface area contributed by atoms with Gasteiger partial charge in [-0.3, -0.25) is 4.98 Å². The molecule has 134 valence electrons. The molecule has 1 saturated heterocycles. The zero-order valence-corrected chi connectivity index (χ0v) is 15.2. The van der Waals surface area contributed by atoms with Gasteiger partial charge in [-0.05, 0) is 42.5 Å². The molecule has 1 N–H and O–H groups in total. The van der Waals surface area contributed by atoms with E-state index in [9.17, 15) is 0 Å². The normalized spacial score (nSPS) is 16.2. The van der Waals surface area contributed by atoms with Gasteiger partial charge in [0.05, 0.1) is 12.7 Å². The van der Waals surface area contributed by atoms with Crippen molar-refractivity contribution in [1.29, 1.82) is 0 Å². The number of likely N-dealkylation sites (tertiary alicyclic amines) is 1. The molecule has 0 aliphatic carbocycles. The summed E-state index contributed by atoms with van der Waals surface area (Å²) in [7, 11) is 0. The summed E-state index contributed by atoms with van der Waals surface area (Å²) in [6.07, 6.45) is 6.32.